The fourth-order valence-electron chi connectivity index (χ4n) is 2.10. The fourth-order valence-corrected chi connectivity index (χ4v) is 2.10. The number of nitrogens with zero attached hydrogens (tertiary/aromatic N) is 2. The van der Waals surface area contributed by atoms with E-state index < -0.39 is 5.82 Å². The zero-order chi connectivity index (χ0) is 14.7. The van der Waals surface area contributed by atoms with Gasteiger partial charge >= 0.3 is 0 Å². The molecule has 0 fully saturated rings. The molecule has 0 bridgehead atoms. The van der Waals surface area contributed by atoms with E-state index in [0.29, 0.717) is 11.3 Å². The molecule has 0 aliphatic heterocycles. The molecule has 4 heteroatoms. The number of pyridine rings is 1. The van der Waals surface area contributed by atoms with Gasteiger partial charge in [-0.25, -0.2) is 4.39 Å². The molecular weight excluding hydrogens is 267 g/mol. The van der Waals surface area contributed by atoms with Gasteiger partial charge in [0.15, 0.2) is 0 Å². The summed E-state index contributed by atoms with van der Waals surface area (Å²) in [5.41, 5.74) is 1.74. The van der Waals surface area contributed by atoms with E-state index in [-0.39, 0.29) is 12.2 Å². The molecule has 0 atom stereocenters. The molecule has 0 saturated heterocycles. The Bertz CT molecular complexity index is 840. The first-order chi connectivity index (χ1) is 10.2. The molecule has 1 heterocycles. The van der Waals surface area contributed by atoms with Crippen LogP contribution in [0.3, 0.4) is 0 Å². The van der Waals surface area contributed by atoms with E-state index in [1.807, 2.05) is 36.4 Å². The average Bonchev–Trinajstić information content (AvgIpc) is 2.52. The number of hydrogen-bond donors (Lipinski definition) is 0. The Balaban J connectivity index is 1.80. The molecule has 0 amide bonds. The van der Waals surface area contributed by atoms with Gasteiger partial charge in [-0.2, -0.15) is 5.26 Å². The van der Waals surface area contributed by atoms with Crippen molar-refractivity contribution >= 4 is 10.9 Å². The van der Waals surface area contributed by atoms with Gasteiger partial charge < -0.3 is 4.74 Å². The number of rotatable bonds is 3. The normalized spacial score (nSPS) is 10.3. The lowest BCUT2D eigenvalue weighted by molar-refractivity contribution is 0.306. The van der Waals surface area contributed by atoms with E-state index in [9.17, 15) is 4.39 Å². The molecule has 0 aliphatic carbocycles. The lowest BCUT2D eigenvalue weighted by atomic mass is 10.1. The predicted molar refractivity (Wildman–Crippen MR) is 77.2 cm³/mol. The average molecular weight is 278 g/mol. The molecule has 0 aliphatic rings. The van der Waals surface area contributed by atoms with E-state index >= 15 is 0 Å². The largest absolute Gasteiger partial charge is 0.489 e. The Morgan fingerprint density at radius 3 is 2.90 bits per heavy atom. The number of halogens is 1. The smallest absolute Gasteiger partial charge is 0.124 e. The van der Waals surface area contributed by atoms with Gasteiger partial charge in [0.1, 0.15) is 18.2 Å². The van der Waals surface area contributed by atoms with Gasteiger partial charge in [-0.3, -0.25) is 4.98 Å². The molecule has 0 unspecified atom stereocenters. The van der Waals surface area contributed by atoms with E-state index in [1.165, 1.54) is 12.1 Å². The van der Waals surface area contributed by atoms with E-state index in [0.717, 1.165) is 10.9 Å². The van der Waals surface area contributed by atoms with Gasteiger partial charge in [0.25, 0.3) is 0 Å². The van der Waals surface area contributed by atoms with Gasteiger partial charge in [0.2, 0.25) is 0 Å². The van der Waals surface area contributed by atoms with Crippen molar-refractivity contribution in [1.82, 2.24) is 4.98 Å². The Kier molecular flexibility index (Phi) is 3.48. The van der Waals surface area contributed by atoms with Crippen molar-refractivity contribution in [2.75, 3.05) is 0 Å². The van der Waals surface area contributed by atoms with Crippen LogP contribution in [0.5, 0.6) is 5.75 Å². The second kappa shape index (κ2) is 5.59. The third kappa shape index (κ3) is 2.98. The number of ether oxygens (including phenoxy) is 1. The molecular formula is C17H11FN2O. The highest BCUT2D eigenvalue weighted by molar-refractivity contribution is 5.79. The van der Waals surface area contributed by atoms with Crippen LogP contribution in [0, 0.1) is 17.1 Å². The van der Waals surface area contributed by atoms with Crippen molar-refractivity contribution < 1.29 is 9.13 Å². The molecule has 1 aromatic heterocycles. The Morgan fingerprint density at radius 2 is 2.05 bits per heavy atom. The minimum atomic E-state index is -0.437. The first kappa shape index (κ1) is 13.1. The monoisotopic (exact) mass is 278 g/mol. The second-order valence-electron chi connectivity index (χ2n) is 4.61. The van der Waals surface area contributed by atoms with Gasteiger partial charge in [-0.05, 0) is 42.0 Å². The van der Waals surface area contributed by atoms with Crippen LogP contribution in [-0.2, 0) is 6.61 Å². The van der Waals surface area contributed by atoms with Crippen LogP contribution in [0.15, 0.2) is 54.7 Å². The van der Waals surface area contributed by atoms with Crippen molar-refractivity contribution in [3.63, 3.8) is 0 Å². The topological polar surface area (TPSA) is 45.9 Å². The summed E-state index contributed by atoms with van der Waals surface area (Å²) in [5, 5.41) is 9.85. The number of hydrogen-bond acceptors (Lipinski definition) is 3. The molecule has 0 radical (unpaired) electrons. The Hall–Kier alpha value is -2.93. The molecule has 3 rings (SSSR count). The minimum absolute atomic E-state index is 0.199. The third-order valence-corrected chi connectivity index (χ3v) is 3.07. The molecule has 0 spiro atoms. The molecule has 21 heavy (non-hydrogen) atoms. The van der Waals surface area contributed by atoms with Crippen molar-refractivity contribution in [2.24, 2.45) is 0 Å². The number of benzene rings is 2. The first-order valence-corrected chi connectivity index (χ1v) is 6.42. The number of nitriles is 1. The predicted octanol–water partition coefficient (Wildman–Crippen LogP) is 3.82. The van der Waals surface area contributed by atoms with Gasteiger partial charge in [0, 0.05) is 17.6 Å². The minimum Gasteiger partial charge on any atom is -0.489 e. The zero-order valence-corrected chi connectivity index (χ0v) is 11.1. The van der Waals surface area contributed by atoms with Crippen LogP contribution in [0.4, 0.5) is 4.39 Å². The van der Waals surface area contributed by atoms with Gasteiger partial charge in [0.05, 0.1) is 17.1 Å². The van der Waals surface area contributed by atoms with Crippen LogP contribution in [0.1, 0.15) is 11.1 Å². The second-order valence-corrected chi connectivity index (χ2v) is 4.61. The van der Waals surface area contributed by atoms with E-state index in [4.69, 9.17) is 10.00 Å². The zero-order valence-electron chi connectivity index (χ0n) is 11.1. The maximum Gasteiger partial charge on any atom is 0.124 e. The molecule has 102 valence electrons. The fraction of sp³-hybridized carbons (Fsp3) is 0.0588. The molecule has 0 N–H and O–H groups in total. The Labute approximate surface area is 121 Å². The number of aromatic nitrogens is 1. The third-order valence-electron chi connectivity index (χ3n) is 3.07. The highest BCUT2D eigenvalue weighted by atomic mass is 19.1. The summed E-state index contributed by atoms with van der Waals surface area (Å²) in [4.78, 5) is 4.26. The first-order valence-electron chi connectivity index (χ1n) is 6.42. The van der Waals surface area contributed by atoms with Crippen LogP contribution in [0.25, 0.3) is 10.9 Å². The van der Waals surface area contributed by atoms with Crippen LogP contribution < -0.4 is 4.74 Å². The number of fused-ring (bicyclic) bond motifs is 1. The summed E-state index contributed by atoms with van der Waals surface area (Å²) in [6.07, 6.45) is 1.72. The molecule has 2 aromatic carbocycles. The highest BCUT2D eigenvalue weighted by Crippen LogP contribution is 2.20. The Morgan fingerprint density at radius 1 is 1.14 bits per heavy atom. The summed E-state index contributed by atoms with van der Waals surface area (Å²) in [6, 6.07) is 15.5. The van der Waals surface area contributed by atoms with E-state index in [2.05, 4.69) is 4.98 Å². The standard InChI is InChI=1S/C17H11FN2O/c18-15-7-12(10-19)6-13(8-15)11-21-16-4-3-14-2-1-5-20-17(14)9-16/h1-9H,11H2. The van der Waals surface area contributed by atoms with Gasteiger partial charge in [-0.15, -0.1) is 0 Å². The molecule has 0 saturated carbocycles. The van der Waals surface area contributed by atoms with Crippen molar-refractivity contribution in [2.45, 2.75) is 6.61 Å². The lowest BCUT2D eigenvalue weighted by Gasteiger charge is -2.07. The molecule has 3 aromatic rings. The van der Waals surface area contributed by atoms with Crippen molar-refractivity contribution in [1.29, 1.82) is 5.26 Å². The summed E-state index contributed by atoms with van der Waals surface area (Å²) >= 11 is 0. The maximum absolute atomic E-state index is 13.3. The quantitative estimate of drug-likeness (QED) is 0.731. The van der Waals surface area contributed by atoms with Crippen LogP contribution in [-0.4, -0.2) is 4.98 Å². The van der Waals surface area contributed by atoms with Crippen molar-refractivity contribution in [3.05, 3.63) is 71.7 Å². The summed E-state index contributed by atoms with van der Waals surface area (Å²) < 4.78 is 19.0. The summed E-state index contributed by atoms with van der Waals surface area (Å²) in [6.45, 7) is 0.199. The van der Waals surface area contributed by atoms with E-state index in [1.54, 1.807) is 12.3 Å². The summed E-state index contributed by atoms with van der Waals surface area (Å²) in [5.74, 6) is 0.219. The summed E-state index contributed by atoms with van der Waals surface area (Å²) in [7, 11) is 0. The van der Waals surface area contributed by atoms with Gasteiger partial charge in [-0.1, -0.05) is 6.07 Å². The van der Waals surface area contributed by atoms with Crippen molar-refractivity contribution in [3.8, 4) is 11.8 Å². The molecule has 3 nitrogen and oxygen atoms in total. The van der Waals surface area contributed by atoms with Crippen LogP contribution >= 0.6 is 0 Å². The lowest BCUT2D eigenvalue weighted by Crippen LogP contribution is -1.97. The maximum atomic E-state index is 13.3. The SMILES string of the molecule is N#Cc1cc(F)cc(COc2ccc3cccnc3c2)c1. The highest BCUT2D eigenvalue weighted by Gasteiger charge is 2.03. The van der Waals surface area contributed by atoms with Crippen LogP contribution in [0.2, 0.25) is 0 Å².